The molecule has 1 atom stereocenters. The van der Waals surface area contributed by atoms with E-state index in [1.54, 1.807) is 13.2 Å². The molecule has 50 valence electrons. The van der Waals surface area contributed by atoms with Crippen molar-refractivity contribution in [3.8, 4) is 0 Å². The molecule has 0 fully saturated rings. The number of aliphatic hydroxyl groups is 1. The van der Waals surface area contributed by atoms with Crippen molar-refractivity contribution < 1.29 is 9.52 Å². The average Bonchev–Trinajstić information content (AvgIpc) is 2.15. The van der Waals surface area contributed by atoms with Gasteiger partial charge in [0, 0.05) is 6.42 Å². The van der Waals surface area contributed by atoms with Crippen molar-refractivity contribution >= 4 is 0 Å². The normalized spacial score (nSPS) is 13.6. The molecule has 2 heteroatoms. The Morgan fingerprint density at radius 3 is 3.00 bits per heavy atom. The zero-order valence-corrected chi connectivity index (χ0v) is 5.37. The van der Waals surface area contributed by atoms with Crippen molar-refractivity contribution in [1.82, 2.24) is 0 Å². The van der Waals surface area contributed by atoms with Gasteiger partial charge in [-0.25, -0.2) is 0 Å². The van der Waals surface area contributed by atoms with Crippen LogP contribution in [0.4, 0.5) is 0 Å². The molecule has 0 amide bonds. The summed E-state index contributed by atoms with van der Waals surface area (Å²) in [6, 6.07) is 3.67. The highest BCUT2D eigenvalue weighted by Crippen LogP contribution is 2.02. The van der Waals surface area contributed by atoms with E-state index in [4.69, 9.17) is 9.52 Å². The molecule has 0 aliphatic rings. The van der Waals surface area contributed by atoms with Gasteiger partial charge in [0.05, 0.1) is 12.4 Å². The van der Waals surface area contributed by atoms with E-state index >= 15 is 0 Å². The van der Waals surface area contributed by atoms with Gasteiger partial charge in [0.1, 0.15) is 5.76 Å². The molecule has 0 spiro atoms. The van der Waals surface area contributed by atoms with Gasteiger partial charge in [-0.1, -0.05) is 0 Å². The van der Waals surface area contributed by atoms with Crippen LogP contribution in [0.3, 0.4) is 0 Å². The lowest BCUT2D eigenvalue weighted by atomic mass is 10.2. The Morgan fingerprint density at radius 1 is 1.78 bits per heavy atom. The number of hydrogen-bond donors (Lipinski definition) is 1. The standard InChI is InChI=1S/C7H10O2/c1-6(8)5-7-3-2-4-9-7/h2-4,6,8H,5H2,1H3/t6-/m1/s1. The topological polar surface area (TPSA) is 33.4 Å². The molecule has 0 saturated heterocycles. The fourth-order valence-corrected chi connectivity index (χ4v) is 0.720. The van der Waals surface area contributed by atoms with E-state index < -0.39 is 0 Å². The number of rotatable bonds is 2. The molecule has 1 N–H and O–H groups in total. The van der Waals surface area contributed by atoms with Gasteiger partial charge >= 0.3 is 0 Å². The second-order valence-corrected chi connectivity index (χ2v) is 2.13. The van der Waals surface area contributed by atoms with Crippen molar-refractivity contribution in [3.05, 3.63) is 24.2 Å². The average molecular weight is 126 g/mol. The lowest BCUT2D eigenvalue weighted by Crippen LogP contribution is -2.02. The highest BCUT2D eigenvalue weighted by molar-refractivity contribution is 4.98. The smallest absolute Gasteiger partial charge is 0.106 e. The molecule has 0 bridgehead atoms. The Bertz CT molecular complexity index is 153. The van der Waals surface area contributed by atoms with E-state index in [2.05, 4.69) is 0 Å². The van der Waals surface area contributed by atoms with E-state index in [9.17, 15) is 0 Å². The van der Waals surface area contributed by atoms with Gasteiger partial charge in [-0.2, -0.15) is 0 Å². The third-order valence-corrected chi connectivity index (χ3v) is 1.08. The first kappa shape index (κ1) is 6.36. The summed E-state index contributed by atoms with van der Waals surface area (Å²) in [6.07, 6.45) is 1.90. The third-order valence-electron chi connectivity index (χ3n) is 1.08. The van der Waals surface area contributed by atoms with Crippen LogP contribution in [0.2, 0.25) is 0 Å². The molecular formula is C7H10O2. The summed E-state index contributed by atoms with van der Waals surface area (Å²) in [4.78, 5) is 0. The molecule has 0 aliphatic heterocycles. The van der Waals surface area contributed by atoms with E-state index in [0.717, 1.165) is 5.76 Å². The summed E-state index contributed by atoms with van der Waals surface area (Å²) in [5, 5.41) is 8.86. The quantitative estimate of drug-likeness (QED) is 0.646. The lowest BCUT2D eigenvalue weighted by molar-refractivity contribution is 0.187. The maximum Gasteiger partial charge on any atom is 0.106 e. The summed E-state index contributed by atoms with van der Waals surface area (Å²) >= 11 is 0. The Labute approximate surface area is 54.1 Å². The Balaban J connectivity index is 2.48. The van der Waals surface area contributed by atoms with Crippen LogP contribution in [0.1, 0.15) is 12.7 Å². The minimum Gasteiger partial charge on any atom is -0.469 e. The number of hydrogen-bond acceptors (Lipinski definition) is 2. The van der Waals surface area contributed by atoms with Gasteiger partial charge < -0.3 is 9.52 Å². The first-order valence-electron chi connectivity index (χ1n) is 2.99. The Morgan fingerprint density at radius 2 is 2.56 bits per heavy atom. The van der Waals surface area contributed by atoms with Gasteiger partial charge in [-0.3, -0.25) is 0 Å². The first-order chi connectivity index (χ1) is 4.29. The largest absolute Gasteiger partial charge is 0.469 e. The van der Waals surface area contributed by atoms with Gasteiger partial charge in [0.25, 0.3) is 0 Å². The number of furan rings is 1. The van der Waals surface area contributed by atoms with Gasteiger partial charge in [-0.15, -0.1) is 0 Å². The predicted octanol–water partition coefficient (Wildman–Crippen LogP) is 1.20. The molecule has 1 heterocycles. The maximum absolute atomic E-state index is 8.86. The lowest BCUT2D eigenvalue weighted by Gasteiger charge is -1.97. The van der Waals surface area contributed by atoms with Crippen molar-refractivity contribution in [3.63, 3.8) is 0 Å². The summed E-state index contributed by atoms with van der Waals surface area (Å²) in [6.45, 7) is 1.74. The van der Waals surface area contributed by atoms with Crippen LogP contribution >= 0.6 is 0 Å². The molecule has 1 aromatic heterocycles. The van der Waals surface area contributed by atoms with Crippen molar-refractivity contribution in [2.24, 2.45) is 0 Å². The SMILES string of the molecule is C[C@@H](O)Cc1ccco1. The zero-order chi connectivity index (χ0) is 6.69. The molecule has 0 unspecified atom stereocenters. The van der Waals surface area contributed by atoms with E-state index in [0.29, 0.717) is 6.42 Å². The molecule has 1 rings (SSSR count). The van der Waals surface area contributed by atoms with Crippen LogP contribution in [0.5, 0.6) is 0 Å². The summed E-state index contributed by atoms with van der Waals surface area (Å²) < 4.78 is 4.98. The van der Waals surface area contributed by atoms with Crippen LogP contribution in [-0.2, 0) is 6.42 Å². The highest BCUT2D eigenvalue weighted by Gasteiger charge is 1.98. The summed E-state index contributed by atoms with van der Waals surface area (Å²) in [5.74, 6) is 0.838. The Kier molecular flexibility index (Phi) is 1.90. The summed E-state index contributed by atoms with van der Waals surface area (Å²) in [5.41, 5.74) is 0. The zero-order valence-electron chi connectivity index (χ0n) is 5.37. The van der Waals surface area contributed by atoms with Crippen LogP contribution < -0.4 is 0 Å². The van der Waals surface area contributed by atoms with Crippen LogP contribution in [-0.4, -0.2) is 11.2 Å². The van der Waals surface area contributed by atoms with Gasteiger partial charge in [0.2, 0.25) is 0 Å². The molecular weight excluding hydrogens is 116 g/mol. The van der Waals surface area contributed by atoms with Crippen molar-refractivity contribution in [1.29, 1.82) is 0 Å². The van der Waals surface area contributed by atoms with E-state index in [1.165, 1.54) is 0 Å². The summed E-state index contributed by atoms with van der Waals surface area (Å²) in [7, 11) is 0. The van der Waals surface area contributed by atoms with Gasteiger partial charge in [-0.05, 0) is 19.1 Å². The van der Waals surface area contributed by atoms with Crippen LogP contribution in [0, 0.1) is 0 Å². The molecule has 9 heavy (non-hydrogen) atoms. The molecule has 0 saturated carbocycles. The van der Waals surface area contributed by atoms with Crippen molar-refractivity contribution in [2.45, 2.75) is 19.4 Å². The van der Waals surface area contributed by atoms with Gasteiger partial charge in [0.15, 0.2) is 0 Å². The second kappa shape index (κ2) is 2.69. The van der Waals surface area contributed by atoms with Crippen LogP contribution in [0.15, 0.2) is 22.8 Å². The van der Waals surface area contributed by atoms with E-state index in [-0.39, 0.29) is 6.10 Å². The maximum atomic E-state index is 8.86. The molecule has 0 aliphatic carbocycles. The number of aliphatic hydroxyl groups excluding tert-OH is 1. The molecule has 1 aromatic rings. The molecule has 2 nitrogen and oxygen atoms in total. The fourth-order valence-electron chi connectivity index (χ4n) is 0.720. The minimum atomic E-state index is -0.309. The predicted molar refractivity (Wildman–Crippen MR) is 34.1 cm³/mol. The second-order valence-electron chi connectivity index (χ2n) is 2.13. The highest BCUT2D eigenvalue weighted by atomic mass is 16.3. The minimum absolute atomic E-state index is 0.309. The van der Waals surface area contributed by atoms with Crippen molar-refractivity contribution in [2.75, 3.05) is 0 Å². The fraction of sp³-hybridized carbons (Fsp3) is 0.429. The molecule has 0 radical (unpaired) electrons. The molecule has 0 aromatic carbocycles. The monoisotopic (exact) mass is 126 g/mol. The Hall–Kier alpha value is -0.760. The third kappa shape index (κ3) is 1.90. The first-order valence-corrected chi connectivity index (χ1v) is 2.99. The van der Waals surface area contributed by atoms with E-state index in [1.807, 2.05) is 12.1 Å². The van der Waals surface area contributed by atoms with Crippen LogP contribution in [0.25, 0.3) is 0 Å².